The summed E-state index contributed by atoms with van der Waals surface area (Å²) in [6.07, 6.45) is 0.445. The van der Waals surface area contributed by atoms with Crippen molar-refractivity contribution in [1.82, 2.24) is 5.32 Å². The molecule has 0 radical (unpaired) electrons. The molecule has 1 aliphatic carbocycles. The lowest BCUT2D eigenvalue weighted by molar-refractivity contribution is -0.147. The number of nitrogens with one attached hydrogen (secondary N) is 1. The van der Waals surface area contributed by atoms with E-state index < -0.39 is 9.75 Å². The molecule has 17 heavy (non-hydrogen) atoms. The fraction of sp³-hybridized carbons (Fsp3) is 0.818. The van der Waals surface area contributed by atoms with Crippen molar-refractivity contribution in [3.63, 3.8) is 0 Å². The van der Waals surface area contributed by atoms with Crippen LogP contribution < -0.4 is 5.32 Å². The highest BCUT2D eigenvalue weighted by Crippen LogP contribution is 2.63. The number of alkyl halides is 2. The Balaban J connectivity index is 2.24. The second-order valence-corrected chi connectivity index (χ2v) is 6.24. The Morgan fingerprint density at radius 2 is 1.94 bits per heavy atom. The molecule has 0 spiro atoms. The van der Waals surface area contributed by atoms with Crippen LogP contribution in [0, 0.1) is 5.41 Å². The number of halogens is 2. The number of amides is 1. The van der Waals surface area contributed by atoms with Crippen molar-refractivity contribution >= 4 is 35.1 Å². The Bertz CT molecular complexity index is 331. The molecule has 0 aromatic carbocycles. The van der Waals surface area contributed by atoms with E-state index in [0.717, 1.165) is 0 Å². The fourth-order valence-corrected chi connectivity index (χ4v) is 2.15. The zero-order valence-corrected chi connectivity index (χ0v) is 11.7. The van der Waals surface area contributed by atoms with Crippen molar-refractivity contribution in [2.45, 2.75) is 44.1 Å². The Kier molecular flexibility index (Phi) is 4.31. The van der Waals surface area contributed by atoms with Crippen LogP contribution in [0.25, 0.3) is 0 Å². The third-order valence-corrected chi connectivity index (χ3v) is 3.84. The molecule has 0 heterocycles. The number of hydrogen-bond acceptors (Lipinski definition) is 3. The van der Waals surface area contributed by atoms with Crippen LogP contribution in [-0.4, -0.2) is 28.9 Å². The fourth-order valence-electron chi connectivity index (χ4n) is 1.44. The maximum atomic E-state index is 11.7. The molecule has 1 N–H and O–H groups in total. The first kappa shape index (κ1) is 14.6. The molecule has 1 rings (SSSR count). The molecule has 6 heteroatoms. The first-order valence-electron chi connectivity index (χ1n) is 5.54. The van der Waals surface area contributed by atoms with Gasteiger partial charge in [0.2, 0.25) is 5.91 Å². The predicted octanol–water partition coefficient (Wildman–Crippen LogP) is 2.03. The Labute approximate surface area is 111 Å². The van der Waals surface area contributed by atoms with Gasteiger partial charge in [-0.15, -0.1) is 23.2 Å². The molecule has 98 valence electrons. The lowest BCUT2D eigenvalue weighted by Crippen LogP contribution is -2.35. The molecule has 0 bridgehead atoms. The minimum atomic E-state index is -0.977. The van der Waals surface area contributed by atoms with Crippen LogP contribution in [0.3, 0.4) is 0 Å². The summed E-state index contributed by atoms with van der Waals surface area (Å²) in [5.74, 6) is -0.552. The molecule has 1 amide bonds. The third-order valence-electron chi connectivity index (χ3n) is 2.74. The number of carbonyl (C=O) groups is 2. The van der Waals surface area contributed by atoms with Gasteiger partial charge in [-0.05, 0) is 27.2 Å². The number of esters is 1. The lowest BCUT2D eigenvalue weighted by Gasteiger charge is -2.12. The van der Waals surface area contributed by atoms with Crippen LogP contribution in [0.1, 0.15) is 33.6 Å². The molecule has 0 aromatic heterocycles. The van der Waals surface area contributed by atoms with Crippen molar-refractivity contribution in [2.75, 3.05) is 6.54 Å². The average Bonchev–Trinajstić information content (AvgIpc) is 2.65. The van der Waals surface area contributed by atoms with Crippen LogP contribution in [0.4, 0.5) is 0 Å². The molecule has 0 aliphatic heterocycles. The SMILES string of the molecule is CC(C)OC(=O)CCNC(=O)C1(C)CC1(Cl)Cl. The van der Waals surface area contributed by atoms with Gasteiger partial charge >= 0.3 is 5.97 Å². The van der Waals surface area contributed by atoms with Gasteiger partial charge in [0.15, 0.2) is 0 Å². The second-order valence-electron chi connectivity index (χ2n) is 4.76. The van der Waals surface area contributed by atoms with Gasteiger partial charge in [0.05, 0.1) is 17.9 Å². The van der Waals surface area contributed by atoms with Crippen LogP contribution >= 0.6 is 23.2 Å². The van der Waals surface area contributed by atoms with E-state index in [9.17, 15) is 9.59 Å². The van der Waals surface area contributed by atoms with E-state index in [1.807, 2.05) is 0 Å². The molecule has 0 aromatic rings. The van der Waals surface area contributed by atoms with Crippen LogP contribution in [0.5, 0.6) is 0 Å². The summed E-state index contributed by atoms with van der Waals surface area (Å²) >= 11 is 11.7. The second kappa shape index (κ2) is 5.02. The molecular formula is C11H17Cl2NO3. The summed E-state index contributed by atoms with van der Waals surface area (Å²) in [4.78, 5) is 22.9. The van der Waals surface area contributed by atoms with Crippen LogP contribution in [0.2, 0.25) is 0 Å². The van der Waals surface area contributed by atoms with E-state index in [1.165, 1.54) is 0 Å². The standard InChI is InChI=1S/C11H17Cl2NO3/c1-7(2)17-8(15)4-5-14-9(16)10(3)6-11(10,12)13/h7H,4-6H2,1-3H3,(H,14,16). The van der Waals surface area contributed by atoms with Gasteiger partial charge in [-0.2, -0.15) is 0 Å². The Morgan fingerprint density at radius 3 is 2.35 bits per heavy atom. The van der Waals surface area contributed by atoms with Crippen LogP contribution in [-0.2, 0) is 14.3 Å². The lowest BCUT2D eigenvalue weighted by atomic mass is 10.1. The van der Waals surface area contributed by atoms with Crippen LogP contribution in [0.15, 0.2) is 0 Å². The highest BCUT2D eigenvalue weighted by Gasteiger charge is 2.67. The molecule has 4 nitrogen and oxygen atoms in total. The Hall–Kier alpha value is -0.480. The summed E-state index contributed by atoms with van der Waals surface area (Å²) in [7, 11) is 0. The first-order chi connectivity index (χ1) is 7.69. The van der Waals surface area contributed by atoms with Gasteiger partial charge in [0, 0.05) is 6.54 Å². The van der Waals surface area contributed by atoms with Gasteiger partial charge in [-0.3, -0.25) is 9.59 Å². The van der Waals surface area contributed by atoms with E-state index >= 15 is 0 Å². The topological polar surface area (TPSA) is 55.4 Å². The molecule has 1 saturated carbocycles. The van der Waals surface area contributed by atoms with Crippen molar-refractivity contribution < 1.29 is 14.3 Å². The molecule has 1 unspecified atom stereocenters. The van der Waals surface area contributed by atoms with Gasteiger partial charge < -0.3 is 10.1 Å². The van der Waals surface area contributed by atoms with Gasteiger partial charge in [-0.25, -0.2) is 0 Å². The molecule has 0 saturated heterocycles. The van der Waals surface area contributed by atoms with E-state index in [4.69, 9.17) is 27.9 Å². The molecule has 1 aliphatic rings. The summed E-state index contributed by atoms with van der Waals surface area (Å²) in [6, 6.07) is 0. The average molecular weight is 282 g/mol. The quantitative estimate of drug-likeness (QED) is 0.620. The smallest absolute Gasteiger partial charge is 0.307 e. The maximum Gasteiger partial charge on any atom is 0.307 e. The number of hydrogen-bond donors (Lipinski definition) is 1. The predicted molar refractivity (Wildman–Crippen MR) is 66.0 cm³/mol. The van der Waals surface area contributed by atoms with Crippen molar-refractivity contribution in [2.24, 2.45) is 5.41 Å². The summed E-state index contributed by atoms with van der Waals surface area (Å²) < 4.78 is 3.96. The zero-order valence-electron chi connectivity index (χ0n) is 10.2. The van der Waals surface area contributed by atoms with Crippen molar-refractivity contribution in [3.05, 3.63) is 0 Å². The Morgan fingerprint density at radius 1 is 1.41 bits per heavy atom. The van der Waals surface area contributed by atoms with Gasteiger partial charge in [-0.1, -0.05) is 0 Å². The molecule has 1 atom stereocenters. The minimum Gasteiger partial charge on any atom is -0.463 e. The number of ether oxygens (including phenoxy) is 1. The van der Waals surface area contributed by atoms with Crippen molar-refractivity contribution in [3.8, 4) is 0 Å². The monoisotopic (exact) mass is 281 g/mol. The number of rotatable bonds is 5. The zero-order chi connectivity index (χ0) is 13.3. The summed E-state index contributed by atoms with van der Waals surface area (Å²) in [6.45, 7) is 5.49. The highest BCUT2D eigenvalue weighted by atomic mass is 35.5. The van der Waals surface area contributed by atoms with E-state index in [-0.39, 0.29) is 30.9 Å². The van der Waals surface area contributed by atoms with E-state index in [0.29, 0.717) is 6.42 Å². The normalized spacial score (nSPS) is 25.5. The van der Waals surface area contributed by atoms with E-state index in [2.05, 4.69) is 5.32 Å². The minimum absolute atomic E-state index is 0.141. The number of carbonyl (C=O) groups excluding carboxylic acids is 2. The largest absolute Gasteiger partial charge is 0.463 e. The molecule has 1 fully saturated rings. The van der Waals surface area contributed by atoms with Crippen molar-refractivity contribution in [1.29, 1.82) is 0 Å². The summed E-state index contributed by atoms with van der Waals surface area (Å²) in [5, 5.41) is 2.64. The van der Waals surface area contributed by atoms with E-state index in [1.54, 1.807) is 20.8 Å². The van der Waals surface area contributed by atoms with Gasteiger partial charge in [0.1, 0.15) is 4.33 Å². The highest BCUT2D eigenvalue weighted by molar-refractivity contribution is 6.53. The maximum absolute atomic E-state index is 11.7. The molecular weight excluding hydrogens is 265 g/mol. The summed E-state index contributed by atoms with van der Waals surface area (Å²) in [5.41, 5.74) is -0.738. The third kappa shape index (κ3) is 3.49. The van der Waals surface area contributed by atoms with Gasteiger partial charge in [0.25, 0.3) is 0 Å². The first-order valence-corrected chi connectivity index (χ1v) is 6.30.